The molecular formula is C19H19N7O. The normalized spacial score (nSPS) is 13.4. The number of tetrazole rings is 1. The lowest BCUT2D eigenvalue weighted by Crippen LogP contribution is -2.36. The quantitative estimate of drug-likeness (QED) is 0.548. The van der Waals surface area contributed by atoms with Crippen LogP contribution in [-0.2, 0) is 11.2 Å². The molecule has 2 heterocycles. The van der Waals surface area contributed by atoms with E-state index in [0.29, 0.717) is 12.2 Å². The molecule has 1 amide bonds. The van der Waals surface area contributed by atoms with Gasteiger partial charge in [-0.05, 0) is 35.0 Å². The summed E-state index contributed by atoms with van der Waals surface area (Å²) in [6.45, 7) is 1.90. The van der Waals surface area contributed by atoms with E-state index in [1.54, 1.807) is 0 Å². The van der Waals surface area contributed by atoms with E-state index in [1.807, 2.05) is 61.5 Å². The molecule has 0 saturated heterocycles. The van der Waals surface area contributed by atoms with Crippen molar-refractivity contribution >= 4 is 16.9 Å². The molecule has 2 atom stereocenters. The van der Waals surface area contributed by atoms with Crippen molar-refractivity contribution in [3.63, 3.8) is 0 Å². The lowest BCUT2D eigenvalue weighted by molar-refractivity contribution is -0.125. The standard InChI is InChI=1S/C19H19N7O/c1-13(18-22-15-9-5-6-10-16(15)23-18)21-19(27)17(26-12-20-24-25-26)11-14-7-3-2-4-8-14/h2-10,12-13,17H,11H2,1H3,(H,21,27)(H,22,23)/t13-,17-/m1/s1. The Morgan fingerprint density at radius 1 is 1.15 bits per heavy atom. The van der Waals surface area contributed by atoms with Crippen LogP contribution in [0.2, 0.25) is 0 Å². The van der Waals surface area contributed by atoms with Gasteiger partial charge in [0.15, 0.2) is 0 Å². The van der Waals surface area contributed by atoms with E-state index in [-0.39, 0.29) is 11.9 Å². The highest BCUT2D eigenvalue weighted by atomic mass is 16.2. The number of aromatic nitrogens is 6. The number of rotatable bonds is 6. The molecule has 0 spiro atoms. The van der Waals surface area contributed by atoms with Crippen molar-refractivity contribution in [2.75, 3.05) is 0 Å². The molecule has 4 aromatic rings. The Labute approximate surface area is 155 Å². The van der Waals surface area contributed by atoms with E-state index >= 15 is 0 Å². The number of carbonyl (C=O) groups is 1. The summed E-state index contributed by atoms with van der Waals surface area (Å²) in [6.07, 6.45) is 1.95. The van der Waals surface area contributed by atoms with Crippen LogP contribution in [-0.4, -0.2) is 36.1 Å². The number of nitrogens with one attached hydrogen (secondary N) is 2. The number of aromatic amines is 1. The van der Waals surface area contributed by atoms with E-state index in [4.69, 9.17) is 0 Å². The van der Waals surface area contributed by atoms with E-state index in [9.17, 15) is 4.79 Å². The van der Waals surface area contributed by atoms with Crippen LogP contribution in [0.3, 0.4) is 0 Å². The molecule has 0 aliphatic rings. The first-order valence-corrected chi connectivity index (χ1v) is 8.72. The average molecular weight is 361 g/mol. The van der Waals surface area contributed by atoms with E-state index < -0.39 is 6.04 Å². The number of para-hydroxylation sites is 2. The molecule has 2 aromatic heterocycles. The van der Waals surface area contributed by atoms with Crippen LogP contribution < -0.4 is 5.32 Å². The smallest absolute Gasteiger partial charge is 0.245 e. The maximum Gasteiger partial charge on any atom is 0.245 e. The van der Waals surface area contributed by atoms with Crippen molar-refractivity contribution in [1.82, 2.24) is 35.5 Å². The third-order valence-corrected chi connectivity index (χ3v) is 4.44. The number of benzene rings is 2. The summed E-state index contributed by atoms with van der Waals surface area (Å²) in [7, 11) is 0. The topological polar surface area (TPSA) is 101 Å². The van der Waals surface area contributed by atoms with Gasteiger partial charge in [0.2, 0.25) is 5.91 Å². The third kappa shape index (κ3) is 3.69. The van der Waals surface area contributed by atoms with Gasteiger partial charge in [-0.15, -0.1) is 5.10 Å². The van der Waals surface area contributed by atoms with Crippen molar-refractivity contribution in [1.29, 1.82) is 0 Å². The first-order valence-electron chi connectivity index (χ1n) is 8.72. The molecule has 0 saturated carbocycles. The monoisotopic (exact) mass is 361 g/mol. The molecule has 0 radical (unpaired) electrons. The fourth-order valence-electron chi connectivity index (χ4n) is 3.01. The molecule has 0 fully saturated rings. The minimum Gasteiger partial charge on any atom is -0.345 e. The van der Waals surface area contributed by atoms with Crippen LogP contribution in [0.1, 0.15) is 30.4 Å². The number of carbonyl (C=O) groups excluding carboxylic acids is 1. The number of hydrogen-bond donors (Lipinski definition) is 2. The molecule has 136 valence electrons. The molecule has 2 N–H and O–H groups in total. The van der Waals surface area contributed by atoms with Crippen molar-refractivity contribution < 1.29 is 4.79 Å². The fraction of sp³-hybridized carbons (Fsp3) is 0.211. The van der Waals surface area contributed by atoms with Crippen molar-refractivity contribution in [3.8, 4) is 0 Å². The second kappa shape index (κ2) is 7.36. The predicted octanol–water partition coefficient (Wildman–Crippen LogP) is 2.21. The highest BCUT2D eigenvalue weighted by molar-refractivity contribution is 5.81. The Kier molecular flexibility index (Phi) is 4.61. The molecule has 0 aliphatic carbocycles. The number of amides is 1. The summed E-state index contributed by atoms with van der Waals surface area (Å²) < 4.78 is 1.48. The largest absolute Gasteiger partial charge is 0.345 e. The van der Waals surface area contributed by atoms with Crippen LogP contribution in [0.15, 0.2) is 60.9 Å². The molecule has 4 rings (SSSR count). The zero-order valence-corrected chi connectivity index (χ0v) is 14.8. The summed E-state index contributed by atoms with van der Waals surface area (Å²) >= 11 is 0. The molecular weight excluding hydrogens is 342 g/mol. The SMILES string of the molecule is C[C@@H](NC(=O)[C@@H](Cc1ccccc1)n1cnnn1)c1nc2ccccc2[nH]1. The van der Waals surface area contributed by atoms with E-state index in [1.165, 1.54) is 11.0 Å². The van der Waals surface area contributed by atoms with Crippen molar-refractivity contribution in [2.24, 2.45) is 0 Å². The minimum atomic E-state index is -0.547. The van der Waals surface area contributed by atoms with Gasteiger partial charge < -0.3 is 10.3 Å². The first-order chi connectivity index (χ1) is 13.2. The van der Waals surface area contributed by atoms with E-state index in [0.717, 1.165) is 16.6 Å². The number of imidazole rings is 1. The van der Waals surface area contributed by atoms with Crippen LogP contribution in [0.25, 0.3) is 11.0 Å². The number of H-pyrrole nitrogens is 1. The van der Waals surface area contributed by atoms with Gasteiger partial charge in [0, 0.05) is 6.42 Å². The van der Waals surface area contributed by atoms with Crippen molar-refractivity contribution in [2.45, 2.75) is 25.4 Å². The summed E-state index contributed by atoms with van der Waals surface area (Å²) in [4.78, 5) is 20.8. The maximum absolute atomic E-state index is 13.0. The first kappa shape index (κ1) is 16.9. The maximum atomic E-state index is 13.0. The lowest BCUT2D eigenvalue weighted by atomic mass is 10.1. The molecule has 2 aromatic carbocycles. The van der Waals surface area contributed by atoms with Gasteiger partial charge in [-0.25, -0.2) is 9.67 Å². The molecule has 0 unspecified atom stereocenters. The van der Waals surface area contributed by atoms with Gasteiger partial charge in [-0.1, -0.05) is 42.5 Å². The van der Waals surface area contributed by atoms with E-state index in [2.05, 4.69) is 30.8 Å². The third-order valence-electron chi connectivity index (χ3n) is 4.44. The van der Waals surface area contributed by atoms with Crippen LogP contribution >= 0.6 is 0 Å². The summed E-state index contributed by atoms with van der Waals surface area (Å²) in [5, 5.41) is 14.3. The Bertz CT molecular complexity index is 994. The zero-order valence-electron chi connectivity index (χ0n) is 14.8. The Morgan fingerprint density at radius 3 is 2.67 bits per heavy atom. The van der Waals surface area contributed by atoms with Crippen LogP contribution in [0.5, 0.6) is 0 Å². The number of fused-ring (bicyclic) bond motifs is 1. The highest BCUT2D eigenvalue weighted by Gasteiger charge is 2.24. The summed E-state index contributed by atoms with van der Waals surface area (Å²) in [6, 6.07) is 16.7. The number of nitrogens with zero attached hydrogens (tertiary/aromatic N) is 5. The Morgan fingerprint density at radius 2 is 1.93 bits per heavy atom. The van der Waals surface area contributed by atoms with Crippen LogP contribution in [0, 0.1) is 0 Å². The molecule has 8 nitrogen and oxygen atoms in total. The average Bonchev–Trinajstić information content (AvgIpc) is 3.36. The minimum absolute atomic E-state index is 0.167. The predicted molar refractivity (Wildman–Crippen MR) is 99.7 cm³/mol. The Hall–Kier alpha value is -3.55. The second-order valence-corrected chi connectivity index (χ2v) is 6.36. The van der Waals surface area contributed by atoms with Gasteiger partial charge in [-0.2, -0.15) is 0 Å². The van der Waals surface area contributed by atoms with Gasteiger partial charge in [0.1, 0.15) is 18.2 Å². The van der Waals surface area contributed by atoms with Gasteiger partial charge in [0.25, 0.3) is 0 Å². The highest BCUT2D eigenvalue weighted by Crippen LogP contribution is 2.18. The second-order valence-electron chi connectivity index (χ2n) is 6.36. The molecule has 0 aliphatic heterocycles. The Balaban J connectivity index is 1.54. The zero-order chi connectivity index (χ0) is 18.6. The summed E-state index contributed by atoms with van der Waals surface area (Å²) in [5.41, 5.74) is 2.84. The van der Waals surface area contributed by atoms with Crippen molar-refractivity contribution in [3.05, 3.63) is 72.3 Å². The van der Waals surface area contributed by atoms with Gasteiger partial charge in [0.05, 0.1) is 17.1 Å². The number of hydrogen-bond acceptors (Lipinski definition) is 5. The fourth-order valence-corrected chi connectivity index (χ4v) is 3.01. The van der Waals surface area contributed by atoms with Gasteiger partial charge >= 0.3 is 0 Å². The van der Waals surface area contributed by atoms with Crippen LogP contribution in [0.4, 0.5) is 0 Å². The molecule has 0 bridgehead atoms. The summed E-state index contributed by atoms with van der Waals surface area (Å²) in [5.74, 6) is 0.541. The molecule has 27 heavy (non-hydrogen) atoms. The van der Waals surface area contributed by atoms with Gasteiger partial charge in [-0.3, -0.25) is 4.79 Å². The molecule has 8 heteroatoms. The lowest BCUT2D eigenvalue weighted by Gasteiger charge is -2.19.